The van der Waals surface area contributed by atoms with Crippen molar-refractivity contribution in [3.05, 3.63) is 0 Å². The van der Waals surface area contributed by atoms with Crippen LogP contribution < -0.4 is 18.9 Å². The molecule has 0 atom stereocenters. The summed E-state index contributed by atoms with van der Waals surface area (Å²) in [6.45, 7) is 0. The van der Waals surface area contributed by atoms with Crippen LogP contribution in [0.15, 0.2) is 0 Å². The van der Waals surface area contributed by atoms with Gasteiger partial charge in [-0.3, -0.25) is 0 Å². The van der Waals surface area contributed by atoms with Crippen LogP contribution in [0.1, 0.15) is 1.43 Å². The molecular weight excluding hydrogens is 184 g/mol. The first kappa shape index (κ1) is 15.7. The fourth-order valence-corrected chi connectivity index (χ4v) is 0. The zero-order chi connectivity index (χ0) is 3.58. The van der Waals surface area contributed by atoms with E-state index in [-0.39, 0.29) is 44.2 Å². The average molecular weight is 193 g/mol. The van der Waals surface area contributed by atoms with Gasteiger partial charge < -0.3 is 16.5 Å². The van der Waals surface area contributed by atoms with Gasteiger partial charge in [0.05, 0.1) is 0 Å². The number of hydrogen-bond donors (Lipinski definition) is 3. The molecule has 3 nitrogen and oxygen atoms in total. The molecule has 3 N–H and O–H groups in total. The van der Waals surface area contributed by atoms with Gasteiger partial charge in [0, 0.05) is 0 Å². The van der Waals surface area contributed by atoms with E-state index < -0.39 is 7.32 Å². The Kier molecular flexibility index (Phi) is 25.1. The van der Waals surface area contributed by atoms with Gasteiger partial charge in [-0.05, 0) is 0 Å². The summed E-state index contributed by atoms with van der Waals surface area (Å²) in [5.74, 6) is 0. The molecule has 0 heterocycles. The molecule has 0 aliphatic rings. The zero-order valence-electron chi connectivity index (χ0n) is 3.92. The van der Waals surface area contributed by atoms with Crippen molar-refractivity contribution in [2.45, 2.75) is 0 Å². The molecule has 0 rings (SSSR count). The molecule has 0 bridgehead atoms. The Morgan fingerprint density at radius 1 is 1.17 bits per heavy atom. The van der Waals surface area contributed by atoms with Crippen LogP contribution in [0.2, 0.25) is 0 Å². The minimum atomic E-state index is -2.17. The topological polar surface area (TPSA) is 60.7 Å². The van der Waals surface area contributed by atoms with Crippen molar-refractivity contribution in [3.63, 3.8) is 0 Å². The minimum absolute atomic E-state index is 0. The first-order chi connectivity index (χ1) is 1.73. The monoisotopic (exact) mass is 194 g/mol. The molecule has 6 heteroatoms. The van der Waals surface area contributed by atoms with E-state index in [0.29, 0.717) is 0 Å². The van der Waals surface area contributed by atoms with Gasteiger partial charge in [0.2, 0.25) is 0 Å². The molecule has 0 saturated heterocycles. The summed E-state index contributed by atoms with van der Waals surface area (Å²) in [5.41, 5.74) is 0. The fraction of sp³-hybridized carbons (Fsp3) is 0. The van der Waals surface area contributed by atoms with E-state index in [9.17, 15) is 0 Å². The molecule has 0 unspecified atom stereocenters. The van der Waals surface area contributed by atoms with Crippen molar-refractivity contribution in [2.24, 2.45) is 0 Å². The standard InChI is InChI=1S/BH3O3.Li.Sn.5H/c2-1(3)4;;;;;;;/h2-4H;;;;;;;/q;+1;;;;;;-1. The van der Waals surface area contributed by atoms with Crippen LogP contribution in [0.4, 0.5) is 0 Å². The Hall–Kier alpha value is 1.34. The normalized spacial score (nSPS) is 4.50. The van der Waals surface area contributed by atoms with E-state index in [0.717, 1.165) is 0 Å². The number of hydrogen-bond acceptors (Lipinski definition) is 3. The molecule has 0 aromatic heterocycles. The zero-order valence-corrected chi connectivity index (χ0v) is 2.92. The third kappa shape index (κ3) is 56.0. The Morgan fingerprint density at radius 2 is 1.17 bits per heavy atom. The molecule has 0 spiro atoms. The predicted octanol–water partition coefficient (Wildman–Crippen LogP) is -6.39. The number of rotatable bonds is 0. The van der Waals surface area contributed by atoms with Crippen LogP contribution in [-0.2, 0) is 0 Å². The maximum atomic E-state index is 7.17. The van der Waals surface area contributed by atoms with Crippen molar-refractivity contribution in [3.8, 4) is 0 Å². The summed E-state index contributed by atoms with van der Waals surface area (Å²) >= 11 is 0. The second-order valence-electron chi connectivity index (χ2n) is 0.346. The second kappa shape index (κ2) is 9.60. The summed E-state index contributed by atoms with van der Waals surface area (Å²) in [7, 11) is -2.17. The molecular formula is H8BLiO3Sn. The van der Waals surface area contributed by atoms with E-state index in [1.807, 2.05) is 0 Å². The third-order valence-electron chi connectivity index (χ3n) is 0. The summed E-state index contributed by atoms with van der Waals surface area (Å²) in [6.07, 6.45) is 0. The third-order valence-corrected chi connectivity index (χ3v) is 0. The summed E-state index contributed by atoms with van der Waals surface area (Å²) in [6, 6.07) is 0. The van der Waals surface area contributed by atoms with Crippen LogP contribution >= 0.6 is 0 Å². The van der Waals surface area contributed by atoms with E-state index in [1.54, 1.807) is 0 Å². The Morgan fingerprint density at radius 3 is 1.17 bits per heavy atom. The van der Waals surface area contributed by atoms with Crippen LogP contribution in [0.3, 0.4) is 0 Å². The van der Waals surface area contributed by atoms with Gasteiger partial charge in [-0.15, -0.1) is 0 Å². The molecule has 34 valence electrons. The van der Waals surface area contributed by atoms with E-state index in [2.05, 4.69) is 0 Å². The molecule has 0 aliphatic heterocycles. The molecule has 0 amide bonds. The first-order valence-electron chi connectivity index (χ1n) is 0.775. The van der Waals surface area contributed by atoms with Crippen molar-refractivity contribution < 1.29 is 35.4 Å². The van der Waals surface area contributed by atoms with Gasteiger partial charge in [0.1, 0.15) is 0 Å². The molecule has 0 radical (unpaired) electrons. The van der Waals surface area contributed by atoms with Gasteiger partial charge in [0.25, 0.3) is 0 Å². The Balaban J connectivity index is -0.0000000150. The molecule has 0 aliphatic carbocycles. The van der Waals surface area contributed by atoms with Crippen molar-refractivity contribution in [1.82, 2.24) is 0 Å². The molecule has 0 fully saturated rings. The van der Waals surface area contributed by atoms with Gasteiger partial charge in [-0.2, -0.15) is 0 Å². The van der Waals surface area contributed by atoms with Crippen LogP contribution in [-0.4, -0.2) is 46.3 Å². The summed E-state index contributed by atoms with van der Waals surface area (Å²) < 4.78 is 0. The van der Waals surface area contributed by atoms with E-state index >= 15 is 0 Å². The van der Waals surface area contributed by atoms with E-state index in [1.165, 1.54) is 0 Å². The van der Waals surface area contributed by atoms with Crippen LogP contribution in [0.5, 0.6) is 0 Å². The van der Waals surface area contributed by atoms with E-state index in [4.69, 9.17) is 15.1 Å². The van der Waals surface area contributed by atoms with Gasteiger partial charge >= 0.3 is 50.1 Å². The molecule has 6 heavy (non-hydrogen) atoms. The Labute approximate surface area is 66.5 Å². The fourth-order valence-electron chi connectivity index (χ4n) is 0. The average Bonchev–Trinajstić information content (AvgIpc) is 0.811. The van der Waals surface area contributed by atoms with Crippen molar-refractivity contribution in [2.75, 3.05) is 0 Å². The van der Waals surface area contributed by atoms with Gasteiger partial charge in [-0.25, -0.2) is 0 Å². The quantitative estimate of drug-likeness (QED) is 0.335. The molecule has 0 saturated carbocycles. The van der Waals surface area contributed by atoms with Crippen LogP contribution in [0.25, 0.3) is 0 Å². The summed E-state index contributed by atoms with van der Waals surface area (Å²) in [5, 5.41) is 21.5. The first-order valence-corrected chi connectivity index (χ1v) is 0.775. The SMILES string of the molecule is OB(O)O.[H-].[Li+].[SnH4]. The summed E-state index contributed by atoms with van der Waals surface area (Å²) in [4.78, 5) is 0. The van der Waals surface area contributed by atoms with Gasteiger partial charge in [0.15, 0.2) is 0 Å². The predicted molar refractivity (Wildman–Crippen MR) is 24.9 cm³/mol. The Bertz CT molecular complexity index is 19.7. The molecule has 0 aromatic carbocycles. The second-order valence-corrected chi connectivity index (χ2v) is 0.346. The van der Waals surface area contributed by atoms with Crippen molar-refractivity contribution in [1.29, 1.82) is 0 Å². The molecule has 0 aromatic rings. The van der Waals surface area contributed by atoms with Gasteiger partial charge in [-0.1, -0.05) is 0 Å². The maximum absolute atomic E-state index is 7.17. The van der Waals surface area contributed by atoms with Crippen molar-refractivity contribution >= 4 is 31.2 Å². The van der Waals surface area contributed by atoms with Crippen LogP contribution in [0, 0.1) is 0 Å².